The molecular formula is C16H21IN2O. The Hall–Kier alpha value is -0.620. The van der Waals surface area contributed by atoms with E-state index in [9.17, 15) is 4.79 Å². The maximum absolute atomic E-state index is 12.2. The predicted molar refractivity (Wildman–Crippen MR) is 88.8 cm³/mol. The van der Waals surface area contributed by atoms with E-state index in [1.165, 1.54) is 25.7 Å². The van der Waals surface area contributed by atoms with Gasteiger partial charge in [0.2, 0.25) is 0 Å². The smallest absolute Gasteiger partial charge is 0.252 e. The summed E-state index contributed by atoms with van der Waals surface area (Å²) in [5.41, 5.74) is 0.795. The first kappa shape index (κ1) is 14.3. The fourth-order valence-corrected chi connectivity index (χ4v) is 4.30. The highest BCUT2D eigenvalue weighted by Crippen LogP contribution is 2.37. The molecule has 2 heterocycles. The van der Waals surface area contributed by atoms with Crippen molar-refractivity contribution in [3.05, 3.63) is 33.4 Å². The molecular weight excluding hydrogens is 363 g/mol. The molecule has 3 nitrogen and oxygen atoms in total. The Balaban J connectivity index is 1.56. The zero-order valence-corrected chi connectivity index (χ0v) is 14.0. The van der Waals surface area contributed by atoms with E-state index in [0.29, 0.717) is 5.92 Å². The fraction of sp³-hybridized carbons (Fsp3) is 0.562. The summed E-state index contributed by atoms with van der Waals surface area (Å²) in [6.07, 6.45) is 5.14. The van der Waals surface area contributed by atoms with Crippen LogP contribution in [0, 0.1) is 9.49 Å². The molecule has 1 N–H and O–H groups in total. The van der Waals surface area contributed by atoms with Gasteiger partial charge in [-0.2, -0.15) is 0 Å². The van der Waals surface area contributed by atoms with Gasteiger partial charge in [0.1, 0.15) is 0 Å². The number of hydrogen-bond donors (Lipinski definition) is 1. The van der Waals surface area contributed by atoms with Crippen LogP contribution in [0.1, 0.15) is 36.0 Å². The normalized spacial score (nSPS) is 29.4. The van der Waals surface area contributed by atoms with Gasteiger partial charge in [-0.1, -0.05) is 12.1 Å². The molecule has 1 amide bonds. The Morgan fingerprint density at radius 2 is 1.95 bits per heavy atom. The first-order valence-corrected chi connectivity index (χ1v) is 8.47. The van der Waals surface area contributed by atoms with Gasteiger partial charge in [-0.05, 0) is 73.4 Å². The third-order valence-electron chi connectivity index (χ3n) is 4.87. The number of benzene rings is 1. The monoisotopic (exact) mass is 384 g/mol. The highest BCUT2D eigenvalue weighted by molar-refractivity contribution is 14.1. The molecule has 0 aliphatic carbocycles. The van der Waals surface area contributed by atoms with Crippen LogP contribution in [0.5, 0.6) is 0 Å². The molecule has 3 rings (SSSR count). The van der Waals surface area contributed by atoms with Crippen molar-refractivity contribution < 1.29 is 4.79 Å². The van der Waals surface area contributed by atoms with Gasteiger partial charge < -0.3 is 10.2 Å². The Bertz CT molecular complexity index is 491. The number of carbonyl (C=O) groups is 1. The largest absolute Gasteiger partial charge is 0.352 e. The maximum Gasteiger partial charge on any atom is 0.252 e. The summed E-state index contributed by atoms with van der Waals surface area (Å²) < 4.78 is 1.02. The summed E-state index contributed by atoms with van der Waals surface area (Å²) in [4.78, 5) is 14.8. The second-order valence-electron chi connectivity index (χ2n) is 6.08. The molecule has 1 aromatic carbocycles. The van der Waals surface area contributed by atoms with Crippen LogP contribution >= 0.6 is 22.6 Å². The fourth-order valence-electron chi connectivity index (χ4n) is 3.67. The second-order valence-corrected chi connectivity index (χ2v) is 7.24. The molecule has 108 valence electrons. The van der Waals surface area contributed by atoms with Crippen molar-refractivity contribution in [2.45, 2.75) is 37.8 Å². The summed E-state index contributed by atoms with van der Waals surface area (Å²) in [6, 6.07) is 9.25. The van der Waals surface area contributed by atoms with E-state index in [1.54, 1.807) is 0 Å². The summed E-state index contributed by atoms with van der Waals surface area (Å²) in [7, 11) is 2.25. The lowest BCUT2D eigenvalue weighted by Crippen LogP contribution is -2.43. The van der Waals surface area contributed by atoms with Crippen LogP contribution in [0.15, 0.2) is 24.3 Å². The average molecular weight is 384 g/mol. The molecule has 2 atom stereocenters. The molecule has 4 heteroatoms. The highest BCUT2D eigenvalue weighted by Gasteiger charge is 2.38. The van der Waals surface area contributed by atoms with Crippen molar-refractivity contribution in [3.8, 4) is 0 Å². The van der Waals surface area contributed by atoms with Gasteiger partial charge in [0.15, 0.2) is 0 Å². The quantitative estimate of drug-likeness (QED) is 0.813. The standard InChI is InChI=1S/C16H21IN2O/c1-19-12-6-7-13(19)9-11(8-12)10-18-16(20)14-4-2-3-5-15(14)17/h2-5,11-13H,6-10H2,1H3,(H,18,20). The minimum absolute atomic E-state index is 0.0706. The van der Waals surface area contributed by atoms with E-state index in [-0.39, 0.29) is 5.91 Å². The number of piperidine rings is 1. The lowest BCUT2D eigenvalue weighted by atomic mass is 9.91. The van der Waals surface area contributed by atoms with Crippen LogP contribution in [0.4, 0.5) is 0 Å². The number of nitrogens with one attached hydrogen (secondary N) is 1. The lowest BCUT2D eigenvalue weighted by molar-refractivity contribution is 0.0916. The molecule has 2 unspecified atom stereocenters. The van der Waals surface area contributed by atoms with Gasteiger partial charge in [-0.15, -0.1) is 0 Å². The van der Waals surface area contributed by atoms with Gasteiger partial charge in [-0.25, -0.2) is 0 Å². The minimum Gasteiger partial charge on any atom is -0.352 e. The molecule has 0 aromatic heterocycles. The lowest BCUT2D eigenvalue weighted by Gasteiger charge is -2.36. The maximum atomic E-state index is 12.2. The summed E-state index contributed by atoms with van der Waals surface area (Å²) in [5, 5.41) is 3.13. The third-order valence-corrected chi connectivity index (χ3v) is 5.81. The molecule has 20 heavy (non-hydrogen) atoms. The summed E-state index contributed by atoms with van der Waals surface area (Å²) in [6.45, 7) is 0.824. The molecule has 2 fully saturated rings. The zero-order chi connectivity index (χ0) is 14.1. The van der Waals surface area contributed by atoms with Gasteiger partial charge in [0.05, 0.1) is 5.56 Å². The van der Waals surface area contributed by atoms with Crippen LogP contribution in [-0.2, 0) is 0 Å². The van der Waals surface area contributed by atoms with Crippen molar-refractivity contribution in [2.24, 2.45) is 5.92 Å². The molecule has 0 radical (unpaired) electrons. The van der Waals surface area contributed by atoms with Crippen molar-refractivity contribution >= 4 is 28.5 Å². The van der Waals surface area contributed by atoms with E-state index in [0.717, 1.165) is 27.8 Å². The second kappa shape index (κ2) is 6.02. The van der Waals surface area contributed by atoms with Crippen LogP contribution in [-0.4, -0.2) is 36.5 Å². The number of carbonyl (C=O) groups excluding carboxylic acids is 1. The van der Waals surface area contributed by atoms with Crippen molar-refractivity contribution in [1.29, 1.82) is 0 Å². The SMILES string of the molecule is CN1C2CCC1CC(CNC(=O)c1ccccc1I)C2. The first-order chi connectivity index (χ1) is 9.65. The number of hydrogen-bond acceptors (Lipinski definition) is 2. The number of halogens is 1. The average Bonchev–Trinajstić information content (AvgIpc) is 2.66. The molecule has 2 aliphatic rings. The molecule has 2 aliphatic heterocycles. The third kappa shape index (κ3) is 2.86. The number of fused-ring (bicyclic) bond motifs is 2. The predicted octanol–water partition coefficient (Wildman–Crippen LogP) is 2.89. The number of rotatable bonds is 3. The van der Waals surface area contributed by atoms with Gasteiger partial charge >= 0.3 is 0 Å². The number of amides is 1. The van der Waals surface area contributed by atoms with Crippen molar-refractivity contribution in [3.63, 3.8) is 0 Å². The molecule has 2 saturated heterocycles. The van der Waals surface area contributed by atoms with Crippen molar-refractivity contribution in [2.75, 3.05) is 13.6 Å². The van der Waals surface area contributed by atoms with E-state index in [2.05, 4.69) is 39.9 Å². The topological polar surface area (TPSA) is 32.3 Å². The first-order valence-electron chi connectivity index (χ1n) is 7.40. The van der Waals surface area contributed by atoms with Gasteiger partial charge in [0, 0.05) is 22.2 Å². The van der Waals surface area contributed by atoms with Crippen LogP contribution in [0.2, 0.25) is 0 Å². The molecule has 0 spiro atoms. The highest BCUT2D eigenvalue weighted by atomic mass is 127. The van der Waals surface area contributed by atoms with E-state index < -0.39 is 0 Å². The Morgan fingerprint density at radius 3 is 2.60 bits per heavy atom. The number of nitrogens with zero attached hydrogens (tertiary/aromatic N) is 1. The Labute approximate surface area is 134 Å². The zero-order valence-electron chi connectivity index (χ0n) is 11.8. The summed E-state index contributed by atoms with van der Waals surface area (Å²) >= 11 is 2.22. The Kier molecular flexibility index (Phi) is 4.31. The van der Waals surface area contributed by atoms with Crippen LogP contribution in [0.3, 0.4) is 0 Å². The van der Waals surface area contributed by atoms with Crippen LogP contribution < -0.4 is 5.32 Å². The van der Waals surface area contributed by atoms with E-state index in [1.807, 2.05) is 24.3 Å². The van der Waals surface area contributed by atoms with Crippen molar-refractivity contribution in [1.82, 2.24) is 10.2 Å². The minimum atomic E-state index is 0.0706. The van der Waals surface area contributed by atoms with Gasteiger partial charge in [0.25, 0.3) is 5.91 Å². The molecule has 1 aromatic rings. The van der Waals surface area contributed by atoms with E-state index >= 15 is 0 Å². The van der Waals surface area contributed by atoms with Crippen LogP contribution in [0.25, 0.3) is 0 Å². The molecule has 0 saturated carbocycles. The van der Waals surface area contributed by atoms with Gasteiger partial charge in [-0.3, -0.25) is 4.79 Å². The summed E-state index contributed by atoms with van der Waals surface area (Å²) in [5.74, 6) is 0.718. The molecule has 2 bridgehead atoms. The van der Waals surface area contributed by atoms with E-state index in [4.69, 9.17) is 0 Å². The Morgan fingerprint density at radius 1 is 1.30 bits per heavy atom.